The fraction of sp³-hybridized carbons (Fsp3) is 0.417. The molecule has 0 saturated carbocycles. The van der Waals surface area contributed by atoms with Gasteiger partial charge in [0.1, 0.15) is 0 Å². The van der Waals surface area contributed by atoms with Crippen LogP contribution in [0.1, 0.15) is 29.6 Å². The number of rotatable bonds is 6. The Hall–Kier alpha value is -0.770. The number of benzene rings is 1. The van der Waals surface area contributed by atoms with Crippen molar-refractivity contribution in [2.75, 3.05) is 13.2 Å². The van der Waals surface area contributed by atoms with E-state index in [-0.39, 0.29) is 12.5 Å². The minimum Gasteiger partial charge on any atom is -0.396 e. The third kappa shape index (κ3) is 5.39. The molecule has 0 radical (unpaired) electrons. The van der Waals surface area contributed by atoms with Gasteiger partial charge in [0.15, 0.2) is 0 Å². The molecule has 1 aromatic rings. The average Bonchev–Trinajstić information content (AvgIpc) is 2.27. The van der Waals surface area contributed by atoms with Crippen molar-refractivity contribution in [3.05, 3.63) is 33.8 Å². The summed E-state index contributed by atoms with van der Waals surface area (Å²) < 4.78 is 0. The van der Waals surface area contributed by atoms with Gasteiger partial charge in [-0.25, -0.2) is 0 Å². The Morgan fingerprint density at radius 3 is 2.35 bits per heavy atom. The van der Waals surface area contributed by atoms with Crippen LogP contribution in [0.25, 0.3) is 0 Å². The first-order valence-corrected chi connectivity index (χ1v) is 6.24. The smallest absolute Gasteiger partial charge is 0.251 e. The highest BCUT2D eigenvalue weighted by Crippen LogP contribution is 2.18. The molecule has 1 aromatic carbocycles. The summed E-state index contributed by atoms with van der Waals surface area (Å²) in [6.45, 7) is 0.779. The van der Waals surface area contributed by atoms with Gasteiger partial charge in [0, 0.05) is 28.8 Å². The highest BCUT2D eigenvalue weighted by atomic mass is 35.5. The maximum Gasteiger partial charge on any atom is 0.251 e. The van der Waals surface area contributed by atoms with Crippen molar-refractivity contribution < 1.29 is 9.90 Å². The fourth-order valence-electron chi connectivity index (χ4n) is 1.40. The van der Waals surface area contributed by atoms with E-state index in [0.717, 1.165) is 19.3 Å². The number of aliphatic hydroxyl groups is 1. The van der Waals surface area contributed by atoms with Crippen molar-refractivity contribution in [3.8, 4) is 0 Å². The molecule has 1 rings (SSSR count). The molecule has 0 atom stereocenters. The van der Waals surface area contributed by atoms with E-state index in [0.29, 0.717) is 22.2 Å². The SMILES string of the molecule is O=C(NCCCCCO)c1cc(Cl)cc(Cl)c1. The molecule has 0 aliphatic rings. The van der Waals surface area contributed by atoms with Gasteiger partial charge in [0.25, 0.3) is 5.91 Å². The van der Waals surface area contributed by atoms with Gasteiger partial charge in [0.2, 0.25) is 0 Å². The Bertz CT molecular complexity index is 363. The highest BCUT2D eigenvalue weighted by molar-refractivity contribution is 6.35. The summed E-state index contributed by atoms with van der Waals surface area (Å²) in [5, 5.41) is 12.3. The van der Waals surface area contributed by atoms with E-state index in [9.17, 15) is 4.79 Å². The van der Waals surface area contributed by atoms with Crippen LogP contribution < -0.4 is 5.32 Å². The second kappa shape index (κ2) is 7.54. The zero-order valence-electron chi connectivity index (χ0n) is 9.38. The first kappa shape index (κ1) is 14.3. The zero-order chi connectivity index (χ0) is 12.7. The molecule has 0 saturated heterocycles. The fourth-order valence-corrected chi connectivity index (χ4v) is 1.93. The van der Waals surface area contributed by atoms with Crippen LogP contribution in [0.3, 0.4) is 0 Å². The largest absolute Gasteiger partial charge is 0.396 e. The van der Waals surface area contributed by atoms with Crippen molar-refractivity contribution in [2.24, 2.45) is 0 Å². The van der Waals surface area contributed by atoms with Crippen molar-refractivity contribution in [1.29, 1.82) is 0 Å². The second-order valence-electron chi connectivity index (χ2n) is 3.70. The average molecular weight is 276 g/mol. The van der Waals surface area contributed by atoms with Gasteiger partial charge in [-0.3, -0.25) is 4.79 Å². The first-order valence-electron chi connectivity index (χ1n) is 5.48. The Morgan fingerprint density at radius 2 is 1.76 bits per heavy atom. The maximum atomic E-state index is 11.7. The van der Waals surface area contributed by atoms with Crippen LogP contribution in [0.15, 0.2) is 18.2 Å². The van der Waals surface area contributed by atoms with Crippen LogP contribution in [0.2, 0.25) is 10.0 Å². The second-order valence-corrected chi connectivity index (χ2v) is 4.57. The summed E-state index contributed by atoms with van der Waals surface area (Å²) in [6, 6.07) is 4.74. The third-order valence-electron chi connectivity index (χ3n) is 2.25. The van der Waals surface area contributed by atoms with E-state index in [1.807, 2.05) is 0 Å². The summed E-state index contributed by atoms with van der Waals surface area (Å²) >= 11 is 11.6. The molecule has 0 spiro atoms. The number of halogens is 2. The number of nitrogens with one attached hydrogen (secondary N) is 1. The van der Waals surface area contributed by atoms with Gasteiger partial charge in [-0.05, 0) is 37.5 Å². The lowest BCUT2D eigenvalue weighted by atomic mass is 10.2. The number of amides is 1. The third-order valence-corrected chi connectivity index (χ3v) is 2.68. The highest BCUT2D eigenvalue weighted by Gasteiger charge is 2.06. The van der Waals surface area contributed by atoms with E-state index in [4.69, 9.17) is 28.3 Å². The molecule has 94 valence electrons. The molecule has 0 aromatic heterocycles. The Balaban J connectivity index is 2.41. The van der Waals surface area contributed by atoms with Crippen molar-refractivity contribution in [1.82, 2.24) is 5.32 Å². The quantitative estimate of drug-likeness (QED) is 0.785. The van der Waals surface area contributed by atoms with Gasteiger partial charge in [-0.15, -0.1) is 0 Å². The molecule has 0 fully saturated rings. The molecule has 5 heteroatoms. The molecule has 0 unspecified atom stereocenters. The summed E-state index contributed by atoms with van der Waals surface area (Å²) in [4.78, 5) is 11.7. The Labute approximate surface area is 111 Å². The van der Waals surface area contributed by atoms with Crippen LogP contribution in [-0.4, -0.2) is 24.2 Å². The molecule has 17 heavy (non-hydrogen) atoms. The first-order chi connectivity index (χ1) is 8.13. The van der Waals surface area contributed by atoms with Gasteiger partial charge in [-0.1, -0.05) is 23.2 Å². The van der Waals surface area contributed by atoms with E-state index in [1.54, 1.807) is 18.2 Å². The normalized spacial score (nSPS) is 10.3. The van der Waals surface area contributed by atoms with Crippen molar-refractivity contribution in [2.45, 2.75) is 19.3 Å². The monoisotopic (exact) mass is 275 g/mol. The predicted molar refractivity (Wildman–Crippen MR) is 69.7 cm³/mol. The number of carbonyl (C=O) groups is 1. The van der Waals surface area contributed by atoms with Gasteiger partial charge in [0.05, 0.1) is 0 Å². The number of hydrogen-bond acceptors (Lipinski definition) is 2. The lowest BCUT2D eigenvalue weighted by molar-refractivity contribution is 0.0953. The summed E-state index contributed by atoms with van der Waals surface area (Å²) in [5.74, 6) is -0.182. The van der Waals surface area contributed by atoms with Crippen LogP contribution in [-0.2, 0) is 0 Å². The van der Waals surface area contributed by atoms with Crippen LogP contribution >= 0.6 is 23.2 Å². The Morgan fingerprint density at radius 1 is 1.12 bits per heavy atom. The van der Waals surface area contributed by atoms with Gasteiger partial charge >= 0.3 is 0 Å². The number of hydrogen-bond donors (Lipinski definition) is 2. The Kier molecular flexibility index (Phi) is 6.34. The molecule has 0 heterocycles. The van der Waals surface area contributed by atoms with Crippen molar-refractivity contribution >= 4 is 29.1 Å². The van der Waals surface area contributed by atoms with Crippen LogP contribution in [0.4, 0.5) is 0 Å². The number of carbonyl (C=O) groups excluding carboxylic acids is 1. The van der Waals surface area contributed by atoms with E-state index in [2.05, 4.69) is 5.32 Å². The minimum atomic E-state index is -0.182. The molecular weight excluding hydrogens is 261 g/mol. The summed E-state index contributed by atoms with van der Waals surface area (Å²) in [5.41, 5.74) is 0.463. The van der Waals surface area contributed by atoms with Gasteiger partial charge < -0.3 is 10.4 Å². The minimum absolute atomic E-state index is 0.182. The van der Waals surface area contributed by atoms with E-state index in [1.165, 1.54) is 0 Å². The molecule has 1 amide bonds. The molecule has 0 bridgehead atoms. The lowest BCUT2D eigenvalue weighted by Crippen LogP contribution is -2.24. The van der Waals surface area contributed by atoms with Crippen molar-refractivity contribution in [3.63, 3.8) is 0 Å². The molecule has 3 nitrogen and oxygen atoms in total. The molecule has 0 aliphatic heterocycles. The lowest BCUT2D eigenvalue weighted by Gasteiger charge is -2.05. The number of unbranched alkanes of at least 4 members (excludes halogenated alkanes) is 2. The van der Waals surface area contributed by atoms with Gasteiger partial charge in [-0.2, -0.15) is 0 Å². The summed E-state index contributed by atoms with van der Waals surface area (Å²) in [6.07, 6.45) is 2.51. The molecular formula is C12H15Cl2NO2. The van der Waals surface area contributed by atoms with E-state index < -0.39 is 0 Å². The van der Waals surface area contributed by atoms with Crippen LogP contribution in [0.5, 0.6) is 0 Å². The number of aliphatic hydroxyl groups excluding tert-OH is 1. The van der Waals surface area contributed by atoms with Crippen LogP contribution in [0, 0.1) is 0 Å². The zero-order valence-corrected chi connectivity index (χ0v) is 10.9. The topological polar surface area (TPSA) is 49.3 Å². The summed E-state index contributed by atoms with van der Waals surface area (Å²) in [7, 11) is 0. The molecule has 0 aliphatic carbocycles. The molecule has 2 N–H and O–H groups in total. The predicted octanol–water partition coefficient (Wildman–Crippen LogP) is 2.89. The standard InChI is InChI=1S/C12H15Cl2NO2/c13-10-6-9(7-11(14)8-10)12(17)15-4-2-1-3-5-16/h6-8,16H,1-5H2,(H,15,17). The van der Waals surface area contributed by atoms with E-state index >= 15 is 0 Å². The maximum absolute atomic E-state index is 11.7.